The Morgan fingerprint density at radius 2 is 1.12 bits per heavy atom. The average Bonchev–Trinajstić information content (AvgIpc) is 3.98. The number of amides is 3. The first-order valence-electron chi connectivity index (χ1n) is 23.7. The van der Waals surface area contributed by atoms with E-state index in [0.29, 0.717) is 17.5 Å². The van der Waals surface area contributed by atoms with Crippen molar-refractivity contribution in [3.8, 4) is 39.8 Å². The summed E-state index contributed by atoms with van der Waals surface area (Å²) >= 11 is 0. The summed E-state index contributed by atoms with van der Waals surface area (Å²) in [6.45, 7) is 8.27. The summed E-state index contributed by atoms with van der Waals surface area (Å²) in [7, 11) is 1.73. The minimum atomic E-state index is -1.43. The number of aryl methyl sites for hydroxylation is 4. The van der Waals surface area contributed by atoms with E-state index in [1.54, 1.807) is 24.5 Å². The molecule has 2 atom stereocenters. The Labute approximate surface area is 411 Å². The van der Waals surface area contributed by atoms with Crippen LogP contribution < -0.4 is 34.7 Å². The van der Waals surface area contributed by atoms with Crippen LogP contribution in [0.25, 0.3) is 22.3 Å². The normalized spacial score (nSPS) is 16.9. The van der Waals surface area contributed by atoms with Crippen molar-refractivity contribution in [2.24, 2.45) is 5.14 Å². The van der Waals surface area contributed by atoms with E-state index >= 15 is 0 Å². The number of carbonyl (C=O) groups excluding carboxylic acids is 2. The van der Waals surface area contributed by atoms with Gasteiger partial charge in [0, 0.05) is 74.3 Å². The fourth-order valence-corrected chi connectivity index (χ4v) is 9.92. The molecule has 15 nitrogen and oxygen atoms in total. The minimum Gasteiger partial charge on any atom is -0.474 e. The highest BCUT2D eigenvalue weighted by molar-refractivity contribution is 7.82. The van der Waals surface area contributed by atoms with E-state index in [4.69, 9.17) is 14.2 Å². The van der Waals surface area contributed by atoms with Crippen LogP contribution in [0, 0.1) is 13.8 Å². The second-order valence-corrected chi connectivity index (χ2v) is 20.3. The first-order chi connectivity index (χ1) is 33.2. The number of benzene rings is 3. The molecule has 2 saturated heterocycles. The molecular weight excluding hydrogens is 913 g/mol. The lowest BCUT2D eigenvalue weighted by molar-refractivity contribution is 0.110. The van der Waals surface area contributed by atoms with E-state index in [-0.39, 0.29) is 12.2 Å². The standard InChI is InChI=1S/C28H31N3O3.C23H30N4O3S.CH5NOS/c1-19-17-20-7-6-10-24(20)27(30-28(32)34-22-8-4-3-5-9-22)26(19)21-11-14-29-25(18-21)33-23-12-15-31(2)16-13-23;1-15-13-16-5-4-6-19(16)22(25-23(28)26-31(3)29)21(15)17-7-10-24-20(14-17)30-18-8-11-27(2)12-9-18;1-4(2)3/h3-5,8-9,11,14,17-18,23H,6-7,10,12-13,15-16H2,1-2H3,(H,30,32);7,10,13-14,18H,4-6,8-9,11-12H2,1-3H3,(H2,25,26,28);2H2,1H3. The number of likely N-dealkylation sites (tertiary alicyclic amines) is 2. The van der Waals surface area contributed by atoms with Crippen molar-refractivity contribution in [1.29, 1.82) is 0 Å². The third-order valence-electron chi connectivity index (χ3n) is 12.8. The number of piperidine rings is 2. The van der Waals surface area contributed by atoms with Gasteiger partial charge in [0.05, 0.1) is 22.4 Å². The molecule has 2 aromatic heterocycles. The molecule has 368 valence electrons. The van der Waals surface area contributed by atoms with E-state index in [0.717, 1.165) is 141 Å². The van der Waals surface area contributed by atoms with Crippen LogP contribution in [0.3, 0.4) is 0 Å². The number of nitrogens with two attached hydrogens (primary N) is 1. The smallest absolute Gasteiger partial charge is 0.417 e. The maximum atomic E-state index is 12.9. The number of ether oxygens (including phenoxy) is 3. The molecular formula is C52H66N8O7S2. The molecule has 2 unspecified atom stereocenters. The zero-order valence-corrected chi connectivity index (χ0v) is 42.2. The Kier molecular flexibility index (Phi) is 17.9. The van der Waals surface area contributed by atoms with Crippen molar-refractivity contribution in [2.45, 2.75) is 90.3 Å². The highest BCUT2D eigenvalue weighted by Crippen LogP contribution is 2.42. The summed E-state index contributed by atoms with van der Waals surface area (Å²) in [4.78, 5) is 38.8. The molecule has 0 bridgehead atoms. The summed E-state index contributed by atoms with van der Waals surface area (Å²) in [5, 5.41) is 10.6. The number of para-hydroxylation sites is 1. The van der Waals surface area contributed by atoms with Crippen LogP contribution in [0.2, 0.25) is 0 Å². The number of aromatic nitrogens is 2. The van der Waals surface area contributed by atoms with Gasteiger partial charge in [-0.1, -0.05) is 30.3 Å². The molecule has 2 aliphatic heterocycles. The second-order valence-electron chi connectivity index (χ2n) is 18.2. The Morgan fingerprint density at radius 3 is 1.57 bits per heavy atom. The van der Waals surface area contributed by atoms with Crippen LogP contribution in [0.15, 0.2) is 79.1 Å². The molecule has 4 heterocycles. The molecule has 3 aromatic carbocycles. The molecule has 0 saturated carbocycles. The molecule has 0 spiro atoms. The van der Waals surface area contributed by atoms with Crippen molar-refractivity contribution in [3.63, 3.8) is 0 Å². The van der Waals surface area contributed by atoms with Gasteiger partial charge in [0.15, 0.2) is 0 Å². The first-order valence-corrected chi connectivity index (χ1v) is 26.8. The van der Waals surface area contributed by atoms with Crippen LogP contribution in [0.4, 0.5) is 21.0 Å². The van der Waals surface area contributed by atoms with E-state index in [9.17, 15) is 18.0 Å². The molecule has 0 radical (unpaired) electrons. The molecule has 4 aliphatic rings. The van der Waals surface area contributed by atoms with Gasteiger partial charge >= 0.3 is 12.1 Å². The third-order valence-corrected chi connectivity index (χ3v) is 13.3. The van der Waals surface area contributed by atoms with Crippen LogP contribution in [0.1, 0.15) is 71.9 Å². The van der Waals surface area contributed by atoms with Crippen molar-refractivity contribution < 1.29 is 32.2 Å². The molecule has 9 rings (SSSR count). The molecule has 69 heavy (non-hydrogen) atoms. The molecule has 3 amide bonds. The molecule has 2 aliphatic carbocycles. The Hall–Kier alpha value is -5.72. The number of fused-ring (bicyclic) bond motifs is 2. The number of nitrogens with one attached hydrogen (secondary N) is 3. The van der Waals surface area contributed by atoms with Crippen LogP contribution >= 0.6 is 0 Å². The van der Waals surface area contributed by atoms with Crippen LogP contribution in [-0.2, 0) is 47.7 Å². The van der Waals surface area contributed by atoms with Crippen LogP contribution in [0.5, 0.6) is 17.5 Å². The summed E-state index contributed by atoms with van der Waals surface area (Å²) in [5.74, 6) is 1.75. The maximum absolute atomic E-state index is 12.9. The fourth-order valence-electron chi connectivity index (χ4n) is 9.61. The zero-order chi connectivity index (χ0) is 49.0. The van der Waals surface area contributed by atoms with Crippen molar-refractivity contribution in [2.75, 3.05) is 63.4 Å². The van der Waals surface area contributed by atoms with E-state index in [2.05, 4.69) is 80.3 Å². The minimum absolute atomic E-state index is 0.169. The Bertz CT molecular complexity index is 2630. The average molecular weight is 979 g/mol. The number of nitrogens with zero attached hydrogens (tertiary/aromatic N) is 4. The largest absolute Gasteiger partial charge is 0.474 e. The Balaban J connectivity index is 0.000000190. The summed E-state index contributed by atoms with van der Waals surface area (Å²) < 4.78 is 41.2. The zero-order valence-electron chi connectivity index (χ0n) is 40.6. The first kappa shape index (κ1) is 51.1. The number of hydrogen-bond acceptors (Lipinski definition) is 11. The number of urea groups is 1. The van der Waals surface area contributed by atoms with Crippen molar-refractivity contribution in [1.82, 2.24) is 24.5 Å². The number of rotatable bonds is 10. The predicted octanol–water partition coefficient (Wildman–Crippen LogP) is 8.30. The maximum Gasteiger partial charge on any atom is 0.417 e. The van der Waals surface area contributed by atoms with Gasteiger partial charge in [0.2, 0.25) is 11.8 Å². The van der Waals surface area contributed by atoms with Gasteiger partial charge in [0.25, 0.3) is 0 Å². The fraction of sp³-hybridized carbons (Fsp3) is 0.423. The van der Waals surface area contributed by atoms with Gasteiger partial charge < -0.3 is 29.3 Å². The number of hydrogen-bond donors (Lipinski definition) is 4. The quantitative estimate of drug-likeness (QED) is 0.105. The SMILES string of the molecule is CS(N)=O.Cc1cc2c(c(NC(=O)NS(C)=O)c1-c1ccnc(OC3CCN(C)CC3)c1)CCC2.Cc1cc2c(c(NC(=O)Oc3ccccc3)c1-c1ccnc(OC3CCN(C)CC3)c1)CCC2. The molecule has 17 heteroatoms. The lowest BCUT2D eigenvalue weighted by atomic mass is 9.93. The number of pyridine rings is 2. The van der Waals surface area contributed by atoms with Gasteiger partial charge in [0.1, 0.15) is 28.9 Å². The highest BCUT2D eigenvalue weighted by Gasteiger charge is 2.26. The van der Waals surface area contributed by atoms with Crippen molar-refractivity contribution >= 4 is 45.5 Å². The lowest BCUT2D eigenvalue weighted by Crippen LogP contribution is -2.35. The van der Waals surface area contributed by atoms with E-state index in [1.165, 1.54) is 29.2 Å². The number of carbonyl (C=O) groups is 2. The predicted molar refractivity (Wildman–Crippen MR) is 276 cm³/mol. The topological polar surface area (TPSA) is 190 Å². The number of anilines is 2. The summed E-state index contributed by atoms with van der Waals surface area (Å²) in [6.07, 6.45) is 16.3. The monoisotopic (exact) mass is 978 g/mol. The van der Waals surface area contributed by atoms with Gasteiger partial charge in [-0.2, -0.15) is 0 Å². The molecule has 5 aromatic rings. The van der Waals surface area contributed by atoms with E-state index < -0.39 is 34.1 Å². The van der Waals surface area contributed by atoms with Crippen molar-refractivity contribution in [3.05, 3.63) is 113 Å². The molecule has 5 N–H and O–H groups in total. The van der Waals surface area contributed by atoms with Crippen LogP contribution in [-0.4, -0.2) is 105 Å². The third kappa shape index (κ3) is 14.2. The Morgan fingerprint density at radius 1 is 0.667 bits per heavy atom. The highest BCUT2D eigenvalue weighted by atomic mass is 32.2. The lowest BCUT2D eigenvalue weighted by Gasteiger charge is -2.29. The van der Waals surface area contributed by atoms with Gasteiger partial charge in [-0.25, -0.2) is 28.0 Å². The summed E-state index contributed by atoms with van der Waals surface area (Å²) in [5.41, 5.74) is 12.7. The van der Waals surface area contributed by atoms with E-state index in [1.807, 2.05) is 42.5 Å². The van der Waals surface area contributed by atoms with Gasteiger partial charge in [-0.05, 0) is 161 Å². The van der Waals surface area contributed by atoms with Gasteiger partial charge in [-0.15, -0.1) is 0 Å². The summed E-state index contributed by atoms with van der Waals surface area (Å²) in [6, 6.07) is 21.0. The van der Waals surface area contributed by atoms with Gasteiger partial charge in [-0.3, -0.25) is 15.2 Å². The second kappa shape index (κ2) is 24.2. The molecule has 2 fully saturated rings.